The van der Waals surface area contributed by atoms with Crippen molar-refractivity contribution in [3.8, 4) is 0 Å². The summed E-state index contributed by atoms with van der Waals surface area (Å²) in [6.45, 7) is 2.11. The van der Waals surface area contributed by atoms with E-state index in [4.69, 9.17) is 0 Å². The maximum absolute atomic E-state index is 11.3. The average Bonchev–Trinajstić information content (AvgIpc) is 2.37. The van der Waals surface area contributed by atoms with E-state index in [0.717, 1.165) is 12.8 Å². The number of carboxylic acids is 1. The van der Waals surface area contributed by atoms with Gasteiger partial charge in [0.25, 0.3) is 0 Å². The van der Waals surface area contributed by atoms with Crippen LogP contribution < -0.4 is 4.90 Å². The van der Waals surface area contributed by atoms with E-state index in [9.17, 15) is 20.0 Å². The molecule has 2 rings (SSSR count). The molecule has 1 atom stereocenters. The summed E-state index contributed by atoms with van der Waals surface area (Å²) in [5.41, 5.74) is 0.389. The summed E-state index contributed by atoms with van der Waals surface area (Å²) in [6.07, 6.45) is 3.59. The highest BCUT2D eigenvalue weighted by Gasteiger charge is 2.34. The predicted octanol–water partition coefficient (Wildman–Crippen LogP) is 1.74. The van der Waals surface area contributed by atoms with E-state index < -0.39 is 16.9 Å². The third kappa shape index (κ3) is 2.49. The number of pyridine rings is 1. The number of carboxylic acid groups (broad SMARTS) is 1. The maximum Gasteiger partial charge on any atom is 0.326 e. The van der Waals surface area contributed by atoms with Crippen LogP contribution in [0.3, 0.4) is 0 Å². The fourth-order valence-corrected chi connectivity index (χ4v) is 2.41. The highest BCUT2D eigenvalue weighted by Crippen LogP contribution is 2.33. The lowest BCUT2D eigenvalue weighted by Gasteiger charge is -2.33. The Labute approximate surface area is 110 Å². The lowest BCUT2D eigenvalue weighted by Crippen LogP contribution is -2.45. The lowest BCUT2D eigenvalue weighted by molar-refractivity contribution is -0.384. The average molecular weight is 265 g/mol. The number of hydrogen-bond donors (Lipinski definition) is 1. The molecule has 0 spiro atoms. The van der Waals surface area contributed by atoms with Gasteiger partial charge in [-0.25, -0.2) is 9.78 Å². The topological polar surface area (TPSA) is 96.6 Å². The second kappa shape index (κ2) is 5.21. The Kier molecular flexibility index (Phi) is 3.64. The number of nitro groups is 1. The predicted molar refractivity (Wildman–Crippen MR) is 68.2 cm³/mol. The molecular formula is C12H15N3O4. The fourth-order valence-electron chi connectivity index (χ4n) is 2.41. The standard InChI is InChI=1S/C12H15N3O4/c1-8-5-6-13-11(10(8)15(18)19)14-7-3-2-4-9(14)12(16)17/h5-6,9H,2-4,7H2,1H3,(H,16,17). The van der Waals surface area contributed by atoms with E-state index in [2.05, 4.69) is 4.98 Å². The van der Waals surface area contributed by atoms with Crippen LogP contribution in [-0.4, -0.2) is 33.6 Å². The molecule has 1 unspecified atom stereocenters. The Morgan fingerprint density at radius 2 is 2.32 bits per heavy atom. The highest BCUT2D eigenvalue weighted by atomic mass is 16.6. The molecule has 2 heterocycles. The summed E-state index contributed by atoms with van der Waals surface area (Å²) in [5, 5.41) is 20.4. The van der Waals surface area contributed by atoms with Crippen molar-refractivity contribution in [2.45, 2.75) is 32.2 Å². The van der Waals surface area contributed by atoms with Crippen molar-refractivity contribution in [2.24, 2.45) is 0 Å². The van der Waals surface area contributed by atoms with Crippen LogP contribution in [0.2, 0.25) is 0 Å². The van der Waals surface area contributed by atoms with E-state index in [0.29, 0.717) is 18.5 Å². The molecule has 0 radical (unpaired) electrons. The first kappa shape index (κ1) is 13.3. The molecule has 7 heteroatoms. The molecule has 1 aromatic rings. The number of aliphatic carboxylic acids is 1. The molecular weight excluding hydrogens is 250 g/mol. The van der Waals surface area contributed by atoms with Gasteiger partial charge in [0.2, 0.25) is 5.82 Å². The number of aryl methyl sites for hydroxylation is 1. The Balaban J connectivity index is 2.47. The van der Waals surface area contributed by atoms with Gasteiger partial charge in [0.1, 0.15) is 6.04 Å². The van der Waals surface area contributed by atoms with Crippen LogP contribution in [0.4, 0.5) is 11.5 Å². The molecule has 0 amide bonds. The van der Waals surface area contributed by atoms with Crippen molar-refractivity contribution in [3.05, 3.63) is 27.9 Å². The molecule has 0 aliphatic carbocycles. The first-order chi connectivity index (χ1) is 9.02. The summed E-state index contributed by atoms with van der Waals surface area (Å²) < 4.78 is 0. The zero-order chi connectivity index (χ0) is 14.0. The van der Waals surface area contributed by atoms with Crippen LogP contribution in [0.15, 0.2) is 12.3 Å². The van der Waals surface area contributed by atoms with Crippen LogP contribution >= 0.6 is 0 Å². The molecule has 0 bridgehead atoms. The van der Waals surface area contributed by atoms with Crippen molar-refractivity contribution >= 4 is 17.5 Å². The van der Waals surface area contributed by atoms with E-state index in [-0.39, 0.29) is 11.5 Å². The lowest BCUT2D eigenvalue weighted by atomic mass is 10.0. The number of aromatic nitrogens is 1. The molecule has 19 heavy (non-hydrogen) atoms. The first-order valence-corrected chi connectivity index (χ1v) is 6.12. The monoisotopic (exact) mass is 265 g/mol. The number of carbonyl (C=O) groups is 1. The number of piperidine rings is 1. The highest BCUT2D eigenvalue weighted by molar-refractivity contribution is 5.79. The minimum atomic E-state index is -0.961. The van der Waals surface area contributed by atoms with Crippen molar-refractivity contribution < 1.29 is 14.8 Å². The normalized spacial score (nSPS) is 19.2. The largest absolute Gasteiger partial charge is 0.480 e. The molecule has 1 fully saturated rings. The van der Waals surface area contributed by atoms with E-state index in [1.165, 1.54) is 11.1 Å². The molecule has 1 N–H and O–H groups in total. The van der Waals surface area contributed by atoms with Crippen molar-refractivity contribution in [3.63, 3.8) is 0 Å². The van der Waals surface area contributed by atoms with Crippen LogP contribution in [-0.2, 0) is 4.79 Å². The Morgan fingerprint density at radius 1 is 1.58 bits per heavy atom. The van der Waals surface area contributed by atoms with Gasteiger partial charge in [-0.05, 0) is 32.3 Å². The summed E-state index contributed by atoms with van der Waals surface area (Å²) in [4.78, 5) is 27.5. The second-order valence-corrected chi connectivity index (χ2v) is 4.60. The molecule has 102 valence electrons. The van der Waals surface area contributed by atoms with Gasteiger partial charge in [0, 0.05) is 18.3 Å². The summed E-state index contributed by atoms with van der Waals surface area (Å²) >= 11 is 0. The summed E-state index contributed by atoms with van der Waals surface area (Å²) in [5.74, 6) is -0.797. The van der Waals surface area contributed by atoms with Crippen molar-refractivity contribution in [1.29, 1.82) is 0 Å². The van der Waals surface area contributed by atoms with Crippen LogP contribution in [0.1, 0.15) is 24.8 Å². The Morgan fingerprint density at radius 3 is 2.95 bits per heavy atom. The number of anilines is 1. The van der Waals surface area contributed by atoms with E-state index in [1.807, 2.05) is 0 Å². The summed E-state index contributed by atoms with van der Waals surface area (Å²) in [6, 6.07) is 0.822. The first-order valence-electron chi connectivity index (χ1n) is 6.12. The van der Waals surface area contributed by atoms with Gasteiger partial charge in [0.15, 0.2) is 0 Å². The quantitative estimate of drug-likeness (QED) is 0.660. The SMILES string of the molecule is Cc1ccnc(N2CCCCC2C(=O)O)c1[N+](=O)[O-]. The second-order valence-electron chi connectivity index (χ2n) is 4.60. The smallest absolute Gasteiger partial charge is 0.326 e. The van der Waals surface area contributed by atoms with Gasteiger partial charge in [-0.15, -0.1) is 0 Å². The van der Waals surface area contributed by atoms with Gasteiger partial charge >= 0.3 is 11.7 Å². The van der Waals surface area contributed by atoms with Gasteiger partial charge in [-0.1, -0.05) is 0 Å². The van der Waals surface area contributed by atoms with Crippen LogP contribution in [0.25, 0.3) is 0 Å². The minimum absolute atomic E-state index is 0.101. The maximum atomic E-state index is 11.3. The molecule has 1 aliphatic heterocycles. The Bertz CT molecular complexity index is 518. The van der Waals surface area contributed by atoms with Gasteiger partial charge in [-0.2, -0.15) is 0 Å². The van der Waals surface area contributed by atoms with Gasteiger partial charge in [0.05, 0.1) is 4.92 Å². The zero-order valence-corrected chi connectivity index (χ0v) is 10.6. The number of nitrogens with zero attached hydrogens (tertiary/aromatic N) is 3. The summed E-state index contributed by atoms with van der Waals surface area (Å²) in [7, 11) is 0. The third-order valence-corrected chi connectivity index (χ3v) is 3.35. The van der Waals surface area contributed by atoms with Crippen molar-refractivity contribution in [2.75, 3.05) is 11.4 Å². The molecule has 1 aliphatic rings. The molecule has 1 saturated heterocycles. The molecule has 0 aromatic carbocycles. The van der Waals surface area contributed by atoms with E-state index in [1.54, 1.807) is 13.0 Å². The fraction of sp³-hybridized carbons (Fsp3) is 0.500. The van der Waals surface area contributed by atoms with Crippen molar-refractivity contribution in [1.82, 2.24) is 4.98 Å². The third-order valence-electron chi connectivity index (χ3n) is 3.35. The zero-order valence-electron chi connectivity index (χ0n) is 10.6. The van der Waals surface area contributed by atoms with Gasteiger partial charge in [-0.3, -0.25) is 10.1 Å². The molecule has 7 nitrogen and oxygen atoms in total. The van der Waals surface area contributed by atoms with Crippen LogP contribution in [0, 0.1) is 17.0 Å². The van der Waals surface area contributed by atoms with Crippen LogP contribution in [0.5, 0.6) is 0 Å². The number of hydrogen-bond acceptors (Lipinski definition) is 5. The minimum Gasteiger partial charge on any atom is -0.480 e. The molecule has 1 aromatic heterocycles. The molecule has 0 saturated carbocycles. The van der Waals surface area contributed by atoms with E-state index >= 15 is 0 Å². The Hall–Kier alpha value is -2.18. The number of rotatable bonds is 3. The van der Waals surface area contributed by atoms with Gasteiger partial charge < -0.3 is 10.0 Å².